The molecule has 4 nitrogen and oxygen atoms in total. The summed E-state index contributed by atoms with van der Waals surface area (Å²) in [5, 5.41) is 0.593. The predicted molar refractivity (Wildman–Crippen MR) is 73.9 cm³/mol. The van der Waals surface area contributed by atoms with Crippen molar-refractivity contribution in [3.05, 3.63) is 70.8 Å². The Morgan fingerprint density at radius 3 is 2.85 bits per heavy atom. The topological polar surface area (TPSA) is 47.8 Å². The monoisotopic (exact) mass is 269 g/mol. The van der Waals surface area contributed by atoms with Gasteiger partial charge in [0.05, 0.1) is 17.2 Å². The predicted octanol–water partition coefficient (Wildman–Crippen LogP) is 2.17. The van der Waals surface area contributed by atoms with Gasteiger partial charge < -0.3 is 0 Å². The molecule has 0 radical (unpaired) electrons. The molecule has 0 N–H and O–H groups in total. The lowest BCUT2D eigenvalue weighted by Gasteiger charge is -2.06. The third kappa shape index (κ3) is 2.42. The van der Waals surface area contributed by atoms with Crippen molar-refractivity contribution in [2.75, 3.05) is 0 Å². The van der Waals surface area contributed by atoms with Crippen LogP contribution in [0.15, 0.2) is 53.7 Å². The van der Waals surface area contributed by atoms with E-state index in [1.807, 2.05) is 12.1 Å². The van der Waals surface area contributed by atoms with Crippen LogP contribution in [-0.4, -0.2) is 14.5 Å². The molecular formula is C15H12FN3O. The van der Waals surface area contributed by atoms with Crippen LogP contribution in [-0.2, 0) is 13.0 Å². The minimum Gasteiger partial charge on any atom is -0.298 e. The molecule has 0 unspecified atom stereocenters. The van der Waals surface area contributed by atoms with Gasteiger partial charge in [0.1, 0.15) is 0 Å². The molecule has 0 saturated heterocycles. The van der Waals surface area contributed by atoms with E-state index in [1.54, 1.807) is 22.8 Å². The zero-order valence-corrected chi connectivity index (χ0v) is 10.7. The quantitative estimate of drug-likeness (QED) is 0.685. The van der Waals surface area contributed by atoms with E-state index in [2.05, 4.69) is 9.97 Å². The van der Waals surface area contributed by atoms with Crippen molar-refractivity contribution in [2.24, 2.45) is 0 Å². The van der Waals surface area contributed by atoms with Gasteiger partial charge in [-0.15, -0.1) is 0 Å². The van der Waals surface area contributed by atoms with Crippen molar-refractivity contribution < 1.29 is 4.39 Å². The highest BCUT2D eigenvalue weighted by atomic mass is 19.1. The number of benzene rings is 1. The van der Waals surface area contributed by atoms with Crippen LogP contribution in [0.5, 0.6) is 0 Å². The van der Waals surface area contributed by atoms with Crippen molar-refractivity contribution in [2.45, 2.75) is 13.0 Å². The molecule has 100 valence electrons. The van der Waals surface area contributed by atoms with Gasteiger partial charge in [-0.1, -0.05) is 12.1 Å². The van der Waals surface area contributed by atoms with Crippen LogP contribution in [0.3, 0.4) is 0 Å². The number of fused-ring (bicyclic) bond motifs is 1. The lowest BCUT2D eigenvalue weighted by atomic mass is 10.2. The number of para-hydroxylation sites is 1. The van der Waals surface area contributed by atoms with Gasteiger partial charge in [0, 0.05) is 12.7 Å². The van der Waals surface area contributed by atoms with Crippen LogP contribution in [0.25, 0.3) is 10.9 Å². The van der Waals surface area contributed by atoms with Crippen molar-refractivity contribution >= 4 is 10.9 Å². The second-order valence-corrected chi connectivity index (χ2v) is 4.50. The minimum absolute atomic E-state index is 0.0786. The first kappa shape index (κ1) is 12.5. The number of hydrogen-bond donors (Lipinski definition) is 0. The Morgan fingerprint density at radius 1 is 1.15 bits per heavy atom. The van der Waals surface area contributed by atoms with Crippen LogP contribution in [0.2, 0.25) is 0 Å². The number of halogens is 1. The standard InChI is InChI=1S/C15H12FN3O/c16-14-9-11(5-7-17-14)6-8-19-10-18-13-4-2-1-3-12(13)15(19)20/h1-5,7,9-10H,6,8H2. The van der Waals surface area contributed by atoms with Gasteiger partial charge in [0.15, 0.2) is 0 Å². The molecule has 5 heteroatoms. The summed E-state index contributed by atoms with van der Waals surface area (Å²) >= 11 is 0. The van der Waals surface area contributed by atoms with Gasteiger partial charge in [0.25, 0.3) is 5.56 Å². The minimum atomic E-state index is -0.508. The Hall–Kier alpha value is -2.56. The third-order valence-electron chi connectivity index (χ3n) is 3.16. The molecule has 1 aromatic carbocycles. The normalized spacial score (nSPS) is 10.8. The lowest BCUT2D eigenvalue weighted by Crippen LogP contribution is -2.21. The van der Waals surface area contributed by atoms with E-state index in [0.717, 1.165) is 5.56 Å². The molecule has 0 atom stereocenters. The van der Waals surface area contributed by atoms with Gasteiger partial charge in [-0.2, -0.15) is 4.39 Å². The summed E-state index contributed by atoms with van der Waals surface area (Å²) in [5.74, 6) is -0.508. The summed E-state index contributed by atoms with van der Waals surface area (Å²) in [5.41, 5.74) is 1.41. The molecule has 3 rings (SSSR count). The van der Waals surface area contributed by atoms with Gasteiger partial charge in [-0.25, -0.2) is 9.97 Å². The fourth-order valence-electron chi connectivity index (χ4n) is 2.11. The molecule has 0 fully saturated rings. The molecule has 20 heavy (non-hydrogen) atoms. The van der Waals surface area contributed by atoms with Crippen LogP contribution < -0.4 is 5.56 Å². The average Bonchev–Trinajstić information content (AvgIpc) is 2.47. The number of pyridine rings is 1. The van der Waals surface area contributed by atoms with Gasteiger partial charge in [-0.3, -0.25) is 9.36 Å². The molecule has 0 bridgehead atoms. The van der Waals surface area contributed by atoms with Crippen LogP contribution >= 0.6 is 0 Å². The molecular weight excluding hydrogens is 257 g/mol. The SMILES string of the molecule is O=c1c2ccccc2ncn1CCc1ccnc(F)c1. The second kappa shape index (κ2) is 5.21. The number of nitrogens with zero attached hydrogens (tertiary/aromatic N) is 3. The molecule has 3 aromatic rings. The highest BCUT2D eigenvalue weighted by Gasteiger charge is 2.04. The summed E-state index contributed by atoms with van der Waals surface area (Å²) in [6, 6.07) is 10.3. The summed E-state index contributed by atoms with van der Waals surface area (Å²) < 4.78 is 14.5. The average molecular weight is 269 g/mol. The first-order valence-electron chi connectivity index (χ1n) is 6.29. The molecule has 2 aromatic heterocycles. The maximum Gasteiger partial charge on any atom is 0.261 e. The summed E-state index contributed by atoms with van der Waals surface area (Å²) in [7, 11) is 0. The fourth-order valence-corrected chi connectivity index (χ4v) is 2.11. The largest absolute Gasteiger partial charge is 0.298 e. The molecule has 0 spiro atoms. The Balaban J connectivity index is 1.88. The molecule has 0 saturated carbocycles. The van der Waals surface area contributed by atoms with E-state index in [0.29, 0.717) is 23.9 Å². The fraction of sp³-hybridized carbons (Fsp3) is 0.133. The van der Waals surface area contributed by atoms with E-state index in [1.165, 1.54) is 18.6 Å². The third-order valence-corrected chi connectivity index (χ3v) is 3.16. The van der Waals surface area contributed by atoms with E-state index in [9.17, 15) is 9.18 Å². The Labute approximate surface area is 114 Å². The highest BCUT2D eigenvalue weighted by Crippen LogP contribution is 2.06. The van der Waals surface area contributed by atoms with Crippen molar-refractivity contribution in [3.8, 4) is 0 Å². The maximum atomic E-state index is 13.0. The first-order chi connectivity index (χ1) is 9.74. The maximum absolute atomic E-state index is 13.0. The van der Waals surface area contributed by atoms with E-state index < -0.39 is 5.95 Å². The number of aromatic nitrogens is 3. The van der Waals surface area contributed by atoms with E-state index >= 15 is 0 Å². The Morgan fingerprint density at radius 2 is 2.00 bits per heavy atom. The Kier molecular flexibility index (Phi) is 3.25. The zero-order chi connectivity index (χ0) is 13.9. The zero-order valence-electron chi connectivity index (χ0n) is 10.7. The first-order valence-corrected chi connectivity index (χ1v) is 6.29. The van der Waals surface area contributed by atoms with Crippen LogP contribution in [0, 0.1) is 5.95 Å². The van der Waals surface area contributed by atoms with E-state index in [4.69, 9.17) is 0 Å². The lowest BCUT2D eigenvalue weighted by molar-refractivity contribution is 0.578. The summed E-state index contributed by atoms with van der Waals surface area (Å²) in [6.45, 7) is 0.458. The van der Waals surface area contributed by atoms with Crippen molar-refractivity contribution in [1.29, 1.82) is 0 Å². The number of rotatable bonds is 3. The van der Waals surface area contributed by atoms with Crippen molar-refractivity contribution in [1.82, 2.24) is 14.5 Å². The second-order valence-electron chi connectivity index (χ2n) is 4.50. The molecule has 0 aliphatic carbocycles. The smallest absolute Gasteiger partial charge is 0.261 e. The number of hydrogen-bond acceptors (Lipinski definition) is 3. The molecule has 0 aliphatic rings. The van der Waals surface area contributed by atoms with Crippen LogP contribution in [0.1, 0.15) is 5.56 Å². The van der Waals surface area contributed by atoms with Gasteiger partial charge >= 0.3 is 0 Å². The van der Waals surface area contributed by atoms with E-state index in [-0.39, 0.29) is 5.56 Å². The molecule has 0 aliphatic heterocycles. The van der Waals surface area contributed by atoms with Crippen molar-refractivity contribution in [3.63, 3.8) is 0 Å². The molecule has 0 amide bonds. The van der Waals surface area contributed by atoms with Gasteiger partial charge in [0.2, 0.25) is 5.95 Å². The Bertz CT molecular complexity index is 813. The summed E-state index contributed by atoms with van der Waals surface area (Å²) in [4.78, 5) is 20.0. The number of aryl methyl sites for hydroxylation is 2. The van der Waals surface area contributed by atoms with Gasteiger partial charge in [-0.05, 0) is 36.2 Å². The summed E-state index contributed by atoms with van der Waals surface area (Å²) in [6.07, 6.45) is 3.51. The highest BCUT2D eigenvalue weighted by molar-refractivity contribution is 5.76. The molecule has 2 heterocycles. The van der Waals surface area contributed by atoms with Crippen LogP contribution in [0.4, 0.5) is 4.39 Å².